The topological polar surface area (TPSA) is 40.1 Å². The number of ether oxygens (including phenoxy) is 1. The molecule has 0 aliphatic carbocycles. The molecule has 21 heavy (non-hydrogen) atoms. The van der Waals surface area contributed by atoms with Crippen LogP contribution in [0.5, 0.6) is 0 Å². The largest absolute Gasteiger partial charge is 0.383 e. The third-order valence-corrected chi connectivity index (χ3v) is 4.93. The molecule has 0 amide bonds. The van der Waals surface area contributed by atoms with Gasteiger partial charge in [0.25, 0.3) is 0 Å². The van der Waals surface area contributed by atoms with Crippen LogP contribution in [-0.4, -0.2) is 87.3 Å². The second-order valence-corrected chi connectivity index (χ2v) is 6.53. The molecule has 0 spiro atoms. The van der Waals surface area contributed by atoms with Crippen molar-refractivity contribution in [2.75, 3.05) is 66.3 Å². The molecule has 126 valence electrons. The lowest BCUT2D eigenvalue weighted by molar-refractivity contribution is 0.162. The monoisotopic (exact) mass is 430 g/mol. The third kappa shape index (κ3) is 8.47. The molecular weight excluding hydrogens is 399 g/mol. The lowest BCUT2D eigenvalue weighted by atomic mass is 10.3. The van der Waals surface area contributed by atoms with Crippen LogP contribution < -0.4 is 5.32 Å². The highest BCUT2D eigenvalue weighted by Crippen LogP contribution is 2.20. The number of halogens is 1. The highest BCUT2D eigenvalue weighted by Gasteiger charge is 2.21. The van der Waals surface area contributed by atoms with Crippen molar-refractivity contribution in [2.24, 2.45) is 4.99 Å². The molecule has 5 nitrogen and oxygen atoms in total. The molecule has 0 saturated carbocycles. The van der Waals surface area contributed by atoms with Crippen LogP contribution in [0.25, 0.3) is 0 Å². The summed E-state index contributed by atoms with van der Waals surface area (Å²) in [5.74, 6) is 2.25. The Hall–Kier alpha value is 0.270. The maximum atomic E-state index is 5.08. The molecule has 1 N–H and O–H groups in total. The van der Waals surface area contributed by atoms with Crippen LogP contribution in [0.2, 0.25) is 0 Å². The molecule has 0 aromatic carbocycles. The number of thioether (sulfide) groups is 1. The molecule has 1 fully saturated rings. The summed E-state index contributed by atoms with van der Waals surface area (Å²) in [5, 5.41) is 4.22. The van der Waals surface area contributed by atoms with Crippen molar-refractivity contribution in [3.63, 3.8) is 0 Å². The number of nitrogens with one attached hydrogen (secondary N) is 1. The van der Waals surface area contributed by atoms with E-state index in [9.17, 15) is 0 Å². The Morgan fingerprint density at radius 2 is 2.24 bits per heavy atom. The Morgan fingerprint density at radius 3 is 2.86 bits per heavy atom. The van der Waals surface area contributed by atoms with Gasteiger partial charge in [0.2, 0.25) is 0 Å². The molecule has 1 unspecified atom stereocenters. The number of hydrogen-bond acceptors (Lipinski definition) is 4. The minimum atomic E-state index is 0. The number of methoxy groups -OCH3 is 1. The van der Waals surface area contributed by atoms with Gasteiger partial charge in [0.15, 0.2) is 5.96 Å². The van der Waals surface area contributed by atoms with Crippen molar-refractivity contribution >= 4 is 41.7 Å². The van der Waals surface area contributed by atoms with Gasteiger partial charge in [0, 0.05) is 57.9 Å². The molecule has 1 atom stereocenters. The minimum absolute atomic E-state index is 0. The van der Waals surface area contributed by atoms with Gasteiger partial charge in [-0.1, -0.05) is 6.92 Å². The summed E-state index contributed by atoms with van der Waals surface area (Å²) >= 11 is 2.09. The van der Waals surface area contributed by atoms with E-state index in [1.807, 2.05) is 7.05 Å². The summed E-state index contributed by atoms with van der Waals surface area (Å²) in [6.45, 7) is 8.15. The summed E-state index contributed by atoms with van der Waals surface area (Å²) < 4.78 is 5.08. The molecule has 1 saturated heterocycles. The molecule has 1 heterocycles. The first kappa shape index (κ1) is 21.3. The smallest absolute Gasteiger partial charge is 0.193 e. The third-order valence-electron chi connectivity index (χ3n) is 3.56. The van der Waals surface area contributed by atoms with Crippen LogP contribution in [0.4, 0.5) is 0 Å². The first-order valence-electron chi connectivity index (χ1n) is 7.46. The molecule has 1 aliphatic rings. The van der Waals surface area contributed by atoms with E-state index in [1.54, 1.807) is 7.11 Å². The quantitative estimate of drug-likeness (QED) is 0.378. The van der Waals surface area contributed by atoms with E-state index in [0.717, 1.165) is 50.5 Å². The van der Waals surface area contributed by atoms with E-state index >= 15 is 0 Å². The predicted molar refractivity (Wildman–Crippen MR) is 104 cm³/mol. The van der Waals surface area contributed by atoms with Crippen LogP contribution in [0.1, 0.15) is 13.3 Å². The van der Waals surface area contributed by atoms with E-state index in [0.29, 0.717) is 0 Å². The van der Waals surface area contributed by atoms with Crippen LogP contribution >= 0.6 is 35.7 Å². The predicted octanol–water partition coefficient (Wildman–Crippen LogP) is 1.59. The first-order valence-corrected chi connectivity index (χ1v) is 8.50. The van der Waals surface area contributed by atoms with Crippen molar-refractivity contribution in [2.45, 2.75) is 18.6 Å². The van der Waals surface area contributed by atoms with Crippen LogP contribution in [-0.2, 0) is 4.74 Å². The Kier molecular flexibility index (Phi) is 12.9. The van der Waals surface area contributed by atoms with Crippen molar-refractivity contribution < 1.29 is 4.74 Å². The molecule has 0 aromatic heterocycles. The van der Waals surface area contributed by atoms with Gasteiger partial charge in [-0.15, -0.1) is 24.0 Å². The van der Waals surface area contributed by atoms with E-state index in [2.05, 4.69) is 45.8 Å². The zero-order valence-corrected chi connectivity index (χ0v) is 16.9. The van der Waals surface area contributed by atoms with Gasteiger partial charge in [-0.25, -0.2) is 0 Å². The second kappa shape index (κ2) is 12.8. The Balaban J connectivity index is 0.00000400. The minimum Gasteiger partial charge on any atom is -0.383 e. The summed E-state index contributed by atoms with van der Waals surface area (Å²) in [6, 6.07) is 0. The van der Waals surface area contributed by atoms with Crippen LogP contribution in [0, 0.1) is 0 Å². The van der Waals surface area contributed by atoms with Crippen LogP contribution in [0.3, 0.4) is 0 Å². The molecule has 1 aliphatic heterocycles. The van der Waals surface area contributed by atoms with Gasteiger partial charge >= 0.3 is 0 Å². The summed E-state index contributed by atoms with van der Waals surface area (Å²) in [6.07, 6.45) is 1.23. The van der Waals surface area contributed by atoms with Crippen molar-refractivity contribution in [1.82, 2.24) is 15.1 Å². The van der Waals surface area contributed by atoms with E-state index in [1.165, 1.54) is 12.2 Å². The molecule has 1 rings (SSSR count). The highest BCUT2D eigenvalue weighted by atomic mass is 127. The fourth-order valence-electron chi connectivity index (χ4n) is 2.21. The van der Waals surface area contributed by atoms with Gasteiger partial charge in [-0.05, 0) is 13.5 Å². The number of rotatable bonds is 7. The number of likely N-dealkylation sites (N-methyl/N-ethyl adjacent to an activating group) is 1. The number of aliphatic imine (C=N–C) groups is 1. The summed E-state index contributed by atoms with van der Waals surface area (Å²) in [7, 11) is 5.74. The molecule has 0 radical (unpaired) electrons. The highest BCUT2D eigenvalue weighted by molar-refractivity contribution is 14.0. The van der Waals surface area contributed by atoms with E-state index < -0.39 is 0 Å². The Morgan fingerprint density at radius 1 is 1.48 bits per heavy atom. The number of guanidine groups is 1. The number of nitrogens with zero attached hydrogens (tertiary/aromatic N) is 3. The van der Waals surface area contributed by atoms with Crippen molar-refractivity contribution in [1.29, 1.82) is 0 Å². The number of hydrogen-bond donors (Lipinski definition) is 1. The Bertz CT molecular complexity index is 294. The van der Waals surface area contributed by atoms with Gasteiger partial charge in [-0.2, -0.15) is 11.8 Å². The molecule has 0 aromatic rings. The van der Waals surface area contributed by atoms with E-state index in [-0.39, 0.29) is 24.0 Å². The molecular formula is C14H31IN4OS. The first-order chi connectivity index (χ1) is 9.71. The standard InChI is InChI=1S/C14H30N4OS.HI/c1-5-13-12-18(9-11-20-13)14(15-2)16-6-7-17(3)8-10-19-4;/h13H,5-12H2,1-4H3,(H,15,16);1H. The Labute approximate surface area is 151 Å². The zero-order chi connectivity index (χ0) is 14.8. The normalized spacial score (nSPS) is 19.6. The van der Waals surface area contributed by atoms with E-state index in [4.69, 9.17) is 4.74 Å². The maximum Gasteiger partial charge on any atom is 0.193 e. The zero-order valence-electron chi connectivity index (χ0n) is 13.8. The van der Waals surface area contributed by atoms with Gasteiger partial charge in [-0.3, -0.25) is 4.99 Å². The van der Waals surface area contributed by atoms with Crippen LogP contribution in [0.15, 0.2) is 4.99 Å². The van der Waals surface area contributed by atoms with Gasteiger partial charge < -0.3 is 19.9 Å². The lowest BCUT2D eigenvalue weighted by Gasteiger charge is -2.34. The maximum absolute atomic E-state index is 5.08. The fraction of sp³-hybridized carbons (Fsp3) is 0.929. The average molecular weight is 430 g/mol. The van der Waals surface area contributed by atoms with Gasteiger partial charge in [0.05, 0.1) is 6.61 Å². The fourth-order valence-corrected chi connectivity index (χ4v) is 3.39. The molecule has 0 bridgehead atoms. The summed E-state index contributed by atoms with van der Waals surface area (Å²) in [4.78, 5) is 9.08. The van der Waals surface area contributed by atoms with Crippen molar-refractivity contribution in [3.05, 3.63) is 0 Å². The van der Waals surface area contributed by atoms with Crippen molar-refractivity contribution in [3.8, 4) is 0 Å². The molecule has 7 heteroatoms. The summed E-state index contributed by atoms with van der Waals surface area (Å²) in [5.41, 5.74) is 0. The average Bonchev–Trinajstić information content (AvgIpc) is 2.49. The lowest BCUT2D eigenvalue weighted by Crippen LogP contribution is -2.49. The SMILES string of the molecule is CCC1CN(C(=NC)NCCN(C)CCOC)CCS1.I. The second-order valence-electron chi connectivity index (χ2n) is 5.12. The van der Waals surface area contributed by atoms with Gasteiger partial charge in [0.1, 0.15) is 0 Å².